The van der Waals surface area contributed by atoms with Crippen LogP contribution in [0.5, 0.6) is 11.5 Å². The van der Waals surface area contributed by atoms with E-state index < -0.39 is 10.8 Å². The summed E-state index contributed by atoms with van der Waals surface area (Å²) in [6.45, 7) is 4.15. The number of nitro groups is 1. The lowest BCUT2D eigenvalue weighted by atomic mass is 10.2. The zero-order valence-corrected chi connectivity index (χ0v) is 17.8. The number of non-ortho nitro benzene ring substituents is 1. The van der Waals surface area contributed by atoms with Crippen LogP contribution in [0.1, 0.15) is 23.0 Å². The lowest BCUT2D eigenvalue weighted by Gasteiger charge is -2.12. The Morgan fingerprint density at radius 1 is 1.34 bits per heavy atom. The second kappa shape index (κ2) is 8.62. The van der Waals surface area contributed by atoms with Gasteiger partial charge in [0.1, 0.15) is 17.2 Å². The highest BCUT2D eigenvalue weighted by atomic mass is 79.9. The van der Waals surface area contributed by atoms with Crippen LogP contribution in [0.2, 0.25) is 5.02 Å². The Morgan fingerprint density at radius 2 is 2.10 bits per heavy atom. The van der Waals surface area contributed by atoms with Crippen molar-refractivity contribution < 1.29 is 14.5 Å². The minimum atomic E-state index is -0.552. The third-order valence-electron chi connectivity index (χ3n) is 4.03. The summed E-state index contributed by atoms with van der Waals surface area (Å²) in [7, 11) is 0. The van der Waals surface area contributed by atoms with Crippen LogP contribution in [0, 0.1) is 17.0 Å². The van der Waals surface area contributed by atoms with Crippen molar-refractivity contribution in [2.24, 2.45) is 0 Å². The molecule has 0 atom stereocenters. The molecular formula is C19H16BrClN4O4. The number of hydrogen-bond acceptors (Lipinski definition) is 5. The molecule has 0 aliphatic carbocycles. The van der Waals surface area contributed by atoms with Gasteiger partial charge in [-0.3, -0.25) is 19.6 Å². The van der Waals surface area contributed by atoms with Crippen LogP contribution in [0.25, 0.3) is 0 Å². The van der Waals surface area contributed by atoms with Crippen LogP contribution in [0.4, 0.5) is 11.4 Å². The average molecular weight is 480 g/mol. The van der Waals surface area contributed by atoms with E-state index >= 15 is 0 Å². The number of amides is 1. The van der Waals surface area contributed by atoms with Gasteiger partial charge in [-0.25, -0.2) is 0 Å². The van der Waals surface area contributed by atoms with E-state index in [1.807, 2.05) is 13.8 Å². The maximum atomic E-state index is 12.7. The predicted octanol–water partition coefficient (Wildman–Crippen LogP) is 5.58. The summed E-state index contributed by atoms with van der Waals surface area (Å²) in [5.74, 6) is 0.257. The van der Waals surface area contributed by atoms with Gasteiger partial charge >= 0.3 is 0 Å². The Balaban J connectivity index is 1.93. The largest absolute Gasteiger partial charge is 0.457 e. The Labute approximate surface area is 179 Å². The van der Waals surface area contributed by atoms with Gasteiger partial charge in [-0.1, -0.05) is 11.6 Å². The van der Waals surface area contributed by atoms with Gasteiger partial charge in [0, 0.05) is 23.7 Å². The number of rotatable bonds is 6. The van der Waals surface area contributed by atoms with Crippen LogP contribution in [-0.2, 0) is 6.54 Å². The van der Waals surface area contributed by atoms with Crippen LogP contribution in [0.15, 0.2) is 47.1 Å². The van der Waals surface area contributed by atoms with Gasteiger partial charge in [-0.05, 0) is 53.5 Å². The molecule has 3 rings (SSSR count). The monoisotopic (exact) mass is 478 g/mol. The van der Waals surface area contributed by atoms with Crippen molar-refractivity contribution >= 4 is 44.8 Å². The fourth-order valence-electron chi connectivity index (χ4n) is 2.69. The normalized spacial score (nSPS) is 10.6. The number of nitrogens with one attached hydrogen (secondary N) is 1. The molecule has 29 heavy (non-hydrogen) atoms. The number of carbonyl (C=O) groups excluding carboxylic acids is 1. The minimum Gasteiger partial charge on any atom is -0.457 e. The van der Waals surface area contributed by atoms with Crippen LogP contribution in [0.3, 0.4) is 0 Å². The van der Waals surface area contributed by atoms with Gasteiger partial charge in [0.15, 0.2) is 0 Å². The maximum absolute atomic E-state index is 12.7. The third-order valence-corrected chi connectivity index (χ3v) is 4.85. The molecule has 1 heterocycles. The number of nitrogens with zero attached hydrogens (tertiary/aromatic N) is 3. The van der Waals surface area contributed by atoms with E-state index in [0.717, 1.165) is 5.56 Å². The molecule has 0 saturated carbocycles. The van der Waals surface area contributed by atoms with Gasteiger partial charge in [-0.15, -0.1) is 0 Å². The van der Waals surface area contributed by atoms with Crippen molar-refractivity contribution in [2.45, 2.75) is 20.4 Å². The quantitative estimate of drug-likeness (QED) is 0.367. The molecular weight excluding hydrogens is 464 g/mol. The summed E-state index contributed by atoms with van der Waals surface area (Å²) in [5, 5.41) is 18.7. The maximum Gasteiger partial charge on any atom is 0.275 e. The number of carbonyl (C=O) groups is 1. The molecule has 2 aromatic carbocycles. The van der Waals surface area contributed by atoms with Crippen molar-refractivity contribution in [2.75, 3.05) is 5.32 Å². The number of anilines is 1. The summed E-state index contributed by atoms with van der Waals surface area (Å²) >= 11 is 9.25. The first-order chi connectivity index (χ1) is 13.8. The molecule has 150 valence electrons. The zero-order valence-electron chi connectivity index (χ0n) is 15.5. The van der Waals surface area contributed by atoms with Crippen molar-refractivity contribution in [3.05, 3.63) is 73.5 Å². The van der Waals surface area contributed by atoms with Gasteiger partial charge in [0.2, 0.25) is 0 Å². The molecule has 8 nitrogen and oxygen atoms in total. The van der Waals surface area contributed by atoms with Crippen LogP contribution >= 0.6 is 27.5 Å². The molecule has 1 amide bonds. The summed E-state index contributed by atoms with van der Waals surface area (Å²) in [5.41, 5.74) is 1.09. The summed E-state index contributed by atoms with van der Waals surface area (Å²) in [6.07, 6.45) is 1.52. The minimum absolute atomic E-state index is 0.211. The highest BCUT2D eigenvalue weighted by molar-refractivity contribution is 9.10. The highest BCUT2D eigenvalue weighted by Crippen LogP contribution is 2.32. The summed E-state index contributed by atoms with van der Waals surface area (Å²) in [4.78, 5) is 23.5. The predicted molar refractivity (Wildman–Crippen MR) is 113 cm³/mol. The average Bonchev–Trinajstić information content (AvgIpc) is 3.04. The lowest BCUT2D eigenvalue weighted by Crippen LogP contribution is -2.18. The fraction of sp³-hybridized carbons (Fsp3) is 0.158. The lowest BCUT2D eigenvalue weighted by molar-refractivity contribution is -0.384. The first-order valence-electron chi connectivity index (χ1n) is 8.54. The number of aryl methyl sites for hydroxylation is 2. The number of benzene rings is 2. The fourth-order valence-corrected chi connectivity index (χ4v) is 3.40. The molecule has 10 heteroatoms. The topological polar surface area (TPSA) is 99.3 Å². The second-order valence-electron chi connectivity index (χ2n) is 6.10. The van der Waals surface area contributed by atoms with E-state index in [1.54, 1.807) is 18.2 Å². The van der Waals surface area contributed by atoms with Crippen molar-refractivity contribution in [1.82, 2.24) is 9.78 Å². The SMILES string of the molecule is CCn1ncc(Br)c1C(=O)Nc1cc(Oc2ccc(Cl)cc2C)cc([N+](=O)[O-])c1. The number of nitro benzene ring substituents is 1. The number of ether oxygens (including phenoxy) is 1. The van der Waals surface area contributed by atoms with Crippen LogP contribution in [-0.4, -0.2) is 20.6 Å². The van der Waals surface area contributed by atoms with E-state index in [1.165, 1.54) is 29.1 Å². The molecule has 0 unspecified atom stereocenters. The van der Waals surface area contributed by atoms with Gasteiger partial charge in [0.05, 0.1) is 27.3 Å². The van der Waals surface area contributed by atoms with E-state index in [-0.39, 0.29) is 17.1 Å². The Kier molecular flexibility index (Phi) is 6.19. The molecule has 0 saturated heterocycles. The van der Waals surface area contributed by atoms with E-state index in [9.17, 15) is 14.9 Å². The number of hydrogen-bond donors (Lipinski definition) is 1. The molecule has 3 aromatic rings. The number of aromatic nitrogens is 2. The highest BCUT2D eigenvalue weighted by Gasteiger charge is 2.19. The first kappa shape index (κ1) is 20.8. The standard InChI is InChI=1S/C19H16BrClN4O4/c1-3-24-18(16(20)10-22-24)19(26)23-13-7-14(25(27)28)9-15(8-13)29-17-5-4-12(21)6-11(17)2/h4-10H,3H2,1-2H3,(H,23,26). The molecule has 0 aliphatic rings. The first-order valence-corrected chi connectivity index (χ1v) is 9.71. The summed E-state index contributed by atoms with van der Waals surface area (Å²) in [6, 6.07) is 9.12. The summed E-state index contributed by atoms with van der Waals surface area (Å²) < 4.78 is 7.84. The molecule has 0 radical (unpaired) electrons. The Bertz CT molecular complexity index is 1100. The van der Waals surface area contributed by atoms with Gasteiger partial charge in [-0.2, -0.15) is 5.10 Å². The number of halogens is 2. The Morgan fingerprint density at radius 3 is 2.76 bits per heavy atom. The van der Waals surface area contributed by atoms with E-state index in [2.05, 4.69) is 26.3 Å². The van der Waals surface area contributed by atoms with Crippen LogP contribution < -0.4 is 10.1 Å². The molecule has 1 N–H and O–H groups in total. The van der Waals surface area contributed by atoms with Crippen molar-refractivity contribution in [3.8, 4) is 11.5 Å². The van der Waals surface area contributed by atoms with Gasteiger partial charge < -0.3 is 10.1 Å². The zero-order chi connectivity index (χ0) is 21.1. The molecule has 0 fully saturated rings. The van der Waals surface area contributed by atoms with Crippen molar-refractivity contribution in [3.63, 3.8) is 0 Å². The van der Waals surface area contributed by atoms with Gasteiger partial charge in [0.25, 0.3) is 11.6 Å². The Hall–Kier alpha value is -2.91. The molecule has 0 aliphatic heterocycles. The van der Waals surface area contributed by atoms with E-state index in [4.69, 9.17) is 16.3 Å². The van der Waals surface area contributed by atoms with Crippen molar-refractivity contribution in [1.29, 1.82) is 0 Å². The molecule has 0 bridgehead atoms. The molecule has 0 spiro atoms. The molecule has 1 aromatic heterocycles. The van der Waals surface area contributed by atoms with E-state index in [0.29, 0.717) is 27.5 Å². The smallest absolute Gasteiger partial charge is 0.275 e. The second-order valence-corrected chi connectivity index (χ2v) is 7.39. The third kappa shape index (κ3) is 4.75.